The van der Waals surface area contributed by atoms with Crippen molar-refractivity contribution in [2.75, 3.05) is 18.5 Å². The molecule has 0 atom stereocenters. The van der Waals surface area contributed by atoms with Crippen LogP contribution in [-0.2, 0) is 6.42 Å². The molecule has 1 aliphatic carbocycles. The van der Waals surface area contributed by atoms with Crippen LogP contribution in [0, 0.1) is 17.3 Å². The molecule has 116 valence electrons. The molecule has 0 bridgehead atoms. The second-order valence-electron chi connectivity index (χ2n) is 7.89. The third kappa shape index (κ3) is 3.53. The monoisotopic (exact) mass is 287 g/mol. The van der Waals surface area contributed by atoms with E-state index in [4.69, 9.17) is 4.74 Å². The Kier molecular flexibility index (Phi) is 4.14. The first-order chi connectivity index (χ1) is 10.0. The number of anilines is 1. The molecule has 1 fully saturated rings. The number of hydrogen-bond donors (Lipinski definition) is 1. The Balaban J connectivity index is 1.48. The van der Waals surface area contributed by atoms with E-state index in [0.29, 0.717) is 5.41 Å². The number of hydrogen-bond acceptors (Lipinski definition) is 2. The fourth-order valence-corrected chi connectivity index (χ4v) is 3.79. The molecular weight excluding hydrogens is 258 g/mol. The highest BCUT2D eigenvalue weighted by atomic mass is 16.5. The number of nitrogens with one attached hydrogen (secondary N) is 1. The molecule has 0 spiro atoms. The molecule has 3 rings (SSSR count). The van der Waals surface area contributed by atoms with Crippen LogP contribution in [-0.4, -0.2) is 13.2 Å². The molecular formula is C19H29NO. The van der Waals surface area contributed by atoms with Gasteiger partial charge in [0.05, 0.1) is 6.61 Å². The van der Waals surface area contributed by atoms with Crippen molar-refractivity contribution in [1.82, 2.24) is 0 Å². The topological polar surface area (TPSA) is 21.3 Å². The van der Waals surface area contributed by atoms with Gasteiger partial charge in [0.25, 0.3) is 0 Å². The van der Waals surface area contributed by atoms with Gasteiger partial charge in [0.1, 0.15) is 5.75 Å². The minimum atomic E-state index is 0.485. The van der Waals surface area contributed by atoms with E-state index >= 15 is 0 Å². The second kappa shape index (κ2) is 5.90. The lowest BCUT2D eigenvalue weighted by molar-refractivity contribution is 0.153. The lowest BCUT2D eigenvalue weighted by Gasteiger charge is -2.37. The minimum absolute atomic E-state index is 0.485. The molecule has 0 unspecified atom stereocenters. The van der Waals surface area contributed by atoms with Gasteiger partial charge in [-0.1, -0.05) is 20.8 Å². The Bertz CT molecular complexity index is 481. The van der Waals surface area contributed by atoms with Crippen molar-refractivity contribution in [3.05, 3.63) is 23.8 Å². The third-order valence-electron chi connectivity index (χ3n) is 5.36. The van der Waals surface area contributed by atoms with E-state index in [1.165, 1.54) is 36.9 Å². The average molecular weight is 287 g/mol. The Labute approximate surface area is 129 Å². The molecule has 1 N–H and O–H groups in total. The van der Waals surface area contributed by atoms with E-state index in [9.17, 15) is 0 Å². The molecule has 0 amide bonds. The van der Waals surface area contributed by atoms with Crippen molar-refractivity contribution in [3.63, 3.8) is 0 Å². The third-order valence-corrected chi connectivity index (χ3v) is 5.36. The highest BCUT2D eigenvalue weighted by Crippen LogP contribution is 2.39. The largest absolute Gasteiger partial charge is 0.493 e. The molecule has 2 nitrogen and oxygen atoms in total. The zero-order valence-electron chi connectivity index (χ0n) is 13.7. The number of benzene rings is 1. The Morgan fingerprint density at radius 1 is 1.14 bits per heavy atom. The van der Waals surface area contributed by atoms with Crippen molar-refractivity contribution in [1.29, 1.82) is 0 Å². The maximum atomic E-state index is 5.56. The molecule has 1 saturated carbocycles. The van der Waals surface area contributed by atoms with E-state index in [-0.39, 0.29) is 0 Å². The Morgan fingerprint density at radius 3 is 2.62 bits per heavy atom. The van der Waals surface area contributed by atoms with Gasteiger partial charge in [-0.2, -0.15) is 0 Å². The summed E-state index contributed by atoms with van der Waals surface area (Å²) < 4.78 is 5.56. The molecule has 2 heteroatoms. The summed E-state index contributed by atoms with van der Waals surface area (Å²) in [5, 5.41) is 3.64. The van der Waals surface area contributed by atoms with Crippen LogP contribution in [0.5, 0.6) is 5.75 Å². The number of rotatable bonds is 3. The van der Waals surface area contributed by atoms with Gasteiger partial charge in [-0.05, 0) is 66.7 Å². The quantitative estimate of drug-likeness (QED) is 0.855. The van der Waals surface area contributed by atoms with Crippen molar-refractivity contribution < 1.29 is 4.74 Å². The first kappa shape index (κ1) is 14.7. The van der Waals surface area contributed by atoms with Crippen LogP contribution in [0.3, 0.4) is 0 Å². The Morgan fingerprint density at radius 2 is 1.90 bits per heavy atom. The van der Waals surface area contributed by atoms with Crippen LogP contribution in [0.15, 0.2) is 18.2 Å². The van der Waals surface area contributed by atoms with Crippen molar-refractivity contribution in [2.45, 2.75) is 52.9 Å². The van der Waals surface area contributed by atoms with E-state index in [1.54, 1.807) is 0 Å². The zero-order chi connectivity index (χ0) is 14.9. The zero-order valence-corrected chi connectivity index (χ0v) is 13.7. The van der Waals surface area contributed by atoms with E-state index in [2.05, 4.69) is 44.3 Å². The maximum absolute atomic E-state index is 5.56. The van der Waals surface area contributed by atoms with Gasteiger partial charge in [0.2, 0.25) is 0 Å². The smallest absolute Gasteiger partial charge is 0.122 e. The number of ether oxygens (including phenoxy) is 1. The summed E-state index contributed by atoms with van der Waals surface area (Å²) in [5.41, 5.74) is 3.10. The van der Waals surface area contributed by atoms with Crippen molar-refractivity contribution >= 4 is 5.69 Å². The van der Waals surface area contributed by atoms with Crippen molar-refractivity contribution in [3.8, 4) is 5.75 Å². The molecule has 0 aromatic heterocycles. The van der Waals surface area contributed by atoms with E-state index in [0.717, 1.165) is 37.2 Å². The highest BCUT2D eigenvalue weighted by molar-refractivity contribution is 5.52. The summed E-state index contributed by atoms with van der Waals surface area (Å²) in [6.07, 6.45) is 6.61. The summed E-state index contributed by atoms with van der Waals surface area (Å²) in [7, 11) is 0. The van der Waals surface area contributed by atoms with Crippen LogP contribution in [0.1, 0.15) is 52.0 Å². The van der Waals surface area contributed by atoms with Gasteiger partial charge < -0.3 is 10.1 Å². The summed E-state index contributed by atoms with van der Waals surface area (Å²) in [5.74, 6) is 2.82. The maximum Gasteiger partial charge on any atom is 0.122 e. The minimum Gasteiger partial charge on any atom is -0.493 e. The van der Waals surface area contributed by atoms with Crippen LogP contribution < -0.4 is 10.1 Å². The predicted octanol–water partition coefficient (Wildman–Crippen LogP) is 4.89. The number of fused-ring (bicyclic) bond motifs is 1. The predicted molar refractivity (Wildman–Crippen MR) is 89.0 cm³/mol. The van der Waals surface area contributed by atoms with Crippen LogP contribution >= 0.6 is 0 Å². The molecule has 21 heavy (non-hydrogen) atoms. The van der Waals surface area contributed by atoms with Crippen molar-refractivity contribution in [2.24, 2.45) is 17.3 Å². The average Bonchev–Trinajstić information content (AvgIpc) is 2.92. The summed E-state index contributed by atoms with van der Waals surface area (Å²) in [6, 6.07) is 6.54. The van der Waals surface area contributed by atoms with Crippen LogP contribution in [0.2, 0.25) is 0 Å². The van der Waals surface area contributed by atoms with Crippen LogP contribution in [0.4, 0.5) is 5.69 Å². The normalized spacial score (nSPS) is 25.3. The summed E-state index contributed by atoms with van der Waals surface area (Å²) >= 11 is 0. The van der Waals surface area contributed by atoms with Gasteiger partial charge in [0, 0.05) is 18.7 Å². The van der Waals surface area contributed by atoms with E-state index in [1.807, 2.05) is 0 Å². The molecule has 1 heterocycles. The first-order valence-corrected chi connectivity index (χ1v) is 8.52. The lowest BCUT2D eigenvalue weighted by atomic mass is 9.70. The molecule has 2 aliphatic rings. The standard InChI is InChI=1S/C19H29NO/c1-19(2,3)16-6-4-14(5-7-16)13-20-17-8-9-18-15(12-17)10-11-21-18/h8-9,12,14,16,20H,4-7,10-11,13H2,1-3H3. The molecule has 0 saturated heterocycles. The van der Waals surface area contributed by atoms with Gasteiger partial charge in [0.15, 0.2) is 0 Å². The Hall–Kier alpha value is -1.18. The summed E-state index contributed by atoms with van der Waals surface area (Å²) in [4.78, 5) is 0. The van der Waals surface area contributed by atoms with Gasteiger partial charge in [-0.15, -0.1) is 0 Å². The molecule has 1 aromatic carbocycles. The second-order valence-corrected chi connectivity index (χ2v) is 7.89. The first-order valence-electron chi connectivity index (χ1n) is 8.52. The van der Waals surface area contributed by atoms with Gasteiger partial charge in [-0.3, -0.25) is 0 Å². The molecule has 0 radical (unpaired) electrons. The SMILES string of the molecule is CC(C)(C)C1CCC(CNc2ccc3c(c2)CCO3)CC1. The van der Waals surface area contributed by atoms with Gasteiger partial charge in [-0.25, -0.2) is 0 Å². The summed E-state index contributed by atoms with van der Waals surface area (Å²) in [6.45, 7) is 9.14. The van der Waals surface area contributed by atoms with Gasteiger partial charge >= 0.3 is 0 Å². The molecule has 1 aliphatic heterocycles. The van der Waals surface area contributed by atoms with E-state index < -0.39 is 0 Å². The fourth-order valence-electron chi connectivity index (χ4n) is 3.79. The highest BCUT2D eigenvalue weighted by Gasteiger charge is 2.29. The molecule has 1 aromatic rings. The fraction of sp³-hybridized carbons (Fsp3) is 0.684. The lowest BCUT2D eigenvalue weighted by Crippen LogP contribution is -2.28. The van der Waals surface area contributed by atoms with Crippen LogP contribution in [0.25, 0.3) is 0 Å².